The Labute approximate surface area is 207 Å². The molecule has 0 aliphatic carbocycles. The average molecular weight is 472 g/mol. The van der Waals surface area contributed by atoms with Gasteiger partial charge >= 0.3 is 0 Å². The van der Waals surface area contributed by atoms with Crippen LogP contribution in [0.1, 0.15) is 29.7 Å². The lowest BCUT2D eigenvalue weighted by molar-refractivity contribution is 0.0941. The number of hydrogen-bond acceptors (Lipinski definition) is 5. The molecule has 0 spiro atoms. The Morgan fingerprint density at radius 2 is 1.86 bits per heavy atom. The fraction of sp³-hybridized carbons (Fsp3) is 0.276. The van der Waals surface area contributed by atoms with Gasteiger partial charge in [-0.05, 0) is 44.0 Å². The molecule has 6 nitrogen and oxygen atoms in total. The average Bonchev–Trinajstić information content (AvgIpc) is 3.48. The highest BCUT2D eigenvalue weighted by Crippen LogP contribution is 2.34. The van der Waals surface area contributed by atoms with Gasteiger partial charge in [0.05, 0.1) is 24.5 Å². The van der Waals surface area contributed by atoms with E-state index in [-0.39, 0.29) is 0 Å². The molecule has 0 fully saturated rings. The van der Waals surface area contributed by atoms with Gasteiger partial charge in [0, 0.05) is 25.7 Å². The van der Waals surface area contributed by atoms with Gasteiger partial charge in [0.15, 0.2) is 0 Å². The minimum atomic E-state index is -0.485. The normalized spacial score (nSPS) is 12.1. The first-order valence-electron chi connectivity index (χ1n) is 11.9. The van der Waals surface area contributed by atoms with Crippen molar-refractivity contribution in [2.45, 2.75) is 39.0 Å². The van der Waals surface area contributed by atoms with Crippen molar-refractivity contribution in [2.75, 3.05) is 6.54 Å². The molecule has 0 saturated heterocycles. The minimum Gasteiger partial charge on any atom is -0.468 e. The fourth-order valence-electron chi connectivity index (χ4n) is 4.10. The van der Waals surface area contributed by atoms with Gasteiger partial charge in [-0.2, -0.15) is 5.10 Å². The van der Waals surface area contributed by atoms with Crippen molar-refractivity contribution in [2.24, 2.45) is 7.05 Å². The number of furan rings is 1. The molecule has 6 heteroatoms. The summed E-state index contributed by atoms with van der Waals surface area (Å²) in [7, 11) is 1.90. The minimum absolute atomic E-state index is 0.485. The summed E-state index contributed by atoms with van der Waals surface area (Å²) in [6.45, 7) is 7.41. The molecule has 0 radical (unpaired) electrons. The van der Waals surface area contributed by atoms with Gasteiger partial charge in [-0.1, -0.05) is 54.1 Å². The van der Waals surface area contributed by atoms with Crippen molar-refractivity contribution in [1.82, 2.24) is 14.7 Å². The van der Waals surface area contributed by atoms with Crippen LogP contribution >= 0.6 is 0 Å². The number of allylic oxidation sites excluding steroid dienone is 1. The summed E-state index contributed by atoms with van der Waals surface area (Å²) in [6, 6.07) is 21.9. The fourth-order valence-corrected chi connectivity index (χ4v) is 4.10. The lowest BCUT2D eigenvalue weighted by Crippen LogP contribution is -2.31. The summed E-state index contributed by atoms with van der Waals surface area (Å²) in [5.74, 6) is 2.27. The predicted octanol–water partition coefficient (Wildman–Crippen LogP) is 6.11. The van der Waals surface area contributed by atoms with Crippen molar-refractivity contribution < 1.29 is 14.3 Å². The molecule has 0 aliphatic heterocycles. The molecule has 1 atom stereocenters. The summed E-state index contributed by atoms with van der Waals surface area (Å²) in [4.78, 5) is 2.18. The van der Waals surface area contributed by atoms with E-state index in [1.165, 1.54) is 5.56 Å². The standard InChI is InChI=1S/C29H33N3O3/c1-4-5-12-24(33)19-32(20-26-13-9-18-34-26)21-27-28(23-10-7-6-8-11-23)30-31(3)29(27)35-25-16-14-22(2)15-17-25/h4,6-11,13-18,24,33H,1,5,12,19-21H2,2-3H3/t24-/m1/s1. The lowest BCUT2D eigenvalue weighted by atomic mass is 10.1. The molecule has 1 N–H and O–H groups in total. The van der Waals surface area contributed by atoms with Gasteiger partial charge in [0.2, 0.25) is 5.88 Å². The zero-order chi connectivity index (χ0) is 24.6. The monoisotopic (exact) mass is 471 g/mol. The highest BCUT2D eigenvalue weighted by molar-refractivity contribution is 5.65. The third kappa shape index (κ3) is 6.50. The van der Waals surface area contributed by atoms with Crippen LogP contribution in [-0.4, -0.2) is 32.4 Å². The van der Waals surface area contributed by atoms with Crippen molar-refractivity contribution in [3.63, 3.8) is 0 Å². The van der Waals surface area contributed by atoms with E-state index in [1.54, 1.807) is 10.9 Å². The number of nitrogens with zero attached hydrogens (tertiary/aromatic N) is 3. The van der Waals surface area contributed by atoms with Crippen LogP contribution in [0.5, 0.6) is 11.6 Å². The molecule has 182 valence electrons. The SMILES string of the molecule is C=CCC[C@@H](O)CN(Cc1ccco1)Cc1c(-c2ccccc2)nn(C)c1Oc1ccc(C)cc1. The zero-order valence-corrected chi connectivity index (χ0v) is 20.4. The molecule has 2 heterocycles. The van der Waals surface area contributed by atoms with Gasteiger partial charge < -0.3 is 14.3 Å². The molecular formula is C29H33N3O3. The zero-order valence-electron chi connectivity index (χ0n) is 20.4. The second-order valence-corrected chi connectivity index (χ2v) is 8.81. The Morgan fingerprint density at radius 1 is 1.09 bits per heavy atom. The maximum Gasteiger partial charge on any atom is 0.222 e. The summed E-state index contributed by atoms with van der Waals surface area (Å²) in [5, 5.41) is 15.5. The molecule has 4 rings (SSSR count). The maximum atomic E-state index is 10.7. The number of hydrogen-bond donors (Lipinski definition) is 1. The number of benzene rings is 2. The van der Waals surface area contributed by atoms with Crippen LogP contribution in [0.4, 0.5) is 0 Å². The van der Waals surface area contributed by atoms with Crippen LogP contribution in [0.15, 0.2) is 90.1 Å². The van der Waals surface area contributed by atoms with Crippen LogP contribution in [0.3, 0.4) is 0 Å². The number of aliphatic hydroxyl groups is 1. The molecule has 0 aliphatic rings. The first kappa shape index (κ1) is 24.5. The molecule has 35 heavy (non-hydrogen) atoms. The van der Waals surface area contributed by atoms with E-state index in [1.807, 2.05) is 67.7 Å². The Morgan fingerprint density at radius 3 is 2.54 bits per heavy atom. The smallest absolute Gasteiger partial charge is 0.222 e. The lowest BCUT2D eigenvalue weighted by Gasteiger charge is -2.24. The molecule has 0 amide bonds. The first-order chi connectivity index (χ1) is 17.0. The second kappa shape index (κ2) is 11.7. The third-order valence-electron chi connectivity index (χ3n) is 5.88. The van der Waals surface area contributed by atoms with Crippen molar-refractivity contribution in [1.29, 1.82) is 0 Å². The number of aromatic nitrogens is 2. The molecule has 0 bridgehead atoms. The Hall–Kier alpha value is -3.61. The topological polar surface area (TPSA) is 63.7 Å². The molecule has 2 aromatic carbocycles. The Kier molecular flexibility index (Phi) is 8.19. The number of aryl methyl sites for hydroxylation is 2. The van der Waals surface area contributed by atoms with Gasteiger partial charge in [-0.25, -0.2) is 4.68 Å². The van der Waals surface area contributed by atoms with Crippen molar-refractivity contribution in [3.8, 4) is 22.9 Å². The number of aliphatic hydroxyl groups excluding tert-OH is 1. The van der Waals surface area contributed by atoms with Crippen molar-refractivity contribution in [3.05, 3.63) is 103 Å². The predicted molar refractivity (Wildman–Crippen MR) is 138 cm³/mol. The van der Waals surface area contributed by atoms with E-state index >= 15 is 0 Å². The third-order valence-corrected chi connectivity index (χ3v) is 5.88. The van der Waals surface area contributed by atoms with Crippen LogP contribution in [-0.2, 0) is 20.1 Å². The summed E-state index contributed by atoms with van der Waals surface area (Å²) < 4.78 is 13.8. The quantitative estimate of drug-likeness (QED) is 0.253. The number of rotatable bonds is 12. The van der Waals surface area contributed by atoms with Crippen molar-refractivity contribution >= 4 is 0 Å². The van der Waals surface area contributed by atoms with Gasteiger partial charge in [-0.3, -0.25) is 4.90 Å². The molecule has 2 aromatic heterocycles. The van der Waals surface area contributed by atoms with Crippen LogP contribution in [0.2, 0.25) is 0 Å². The molecule has 0 saturated carbocycles. The highest BCUT2D eigenvalue weighted by Gasteiger charge is 2.24. The van der Waals surface area contributed by atoms with Crippen LogP contribution in [0, 0.1) is 6.92 Å². The van der Waals surface area contributed by atoms with E-state index < -0.39 is 6.10 Å². The van der Waals surface area contributed by atoms with Gasteiger partial charge in [0.1, 0.15) is 17.2 Å². The second-order valence-electron chi connectivity index (χ2n) is 8.81. The van der Waals surface area contributed by atoms with Gasteiger partial charge in [-0.15, -0.1) is 6.58 Å². The Bertz CT molecular complexity index is 1200. The van der Waals surface area contributed by atoms with Crippen LogP contribution < -0.4 is 4.74 Å². The largest absolute Gasteiger partial charge is 0.468 e. The van der Waals surface area contributed by atoms with E-state index in [0.29, 0.717) is 31.9 Å². The van der Waals surface area contributed by atoms with Gasteiger partial charge in [0.25, 0.3) is 0 Å². The summed E-state index contributed by atoms with van der Waals surface area (Å²) in [6.07, 6.45) is 4.44. The summed E-state index contributed by atoms with van der Waals surface area (Å²) in [5.41, 5.74) is 4.01. The molecule has 4 aromatic rings. The number of ether oxygens (including phenoxy) is 1. The van der Waals surface area contributed by atoms with E-state index in [2.05, 4.69) is 30.5 Å². The van der Waals surface area contributed by atoms with E-state index in [0.717, 1.165) is 34.8 Å². The summed E-state index contributed by atoms with van der Waals surface area (Å²) >= 11 is 0. The van der Waals surface area contributed by atoms with E-state index in [9.17, 15) is 5.11 Å². The molecule has 0 unspecified atom stereocenters. The Balaban J connectivity index is 1.70. The maximum absolute atomic E-state index is 10.7. The molecular weight excluding hydrogens is 438 g/mol. The van der Waals surface area contributed by atoms with E-state index in [4.69, 9.17) is 14.3 Å². The highest BCUT2D eigenvalue weighted by atomic mass is 16.5. The first-order valence-corrected chi connectivity index (χ1v) is 11.9. The van der Waals surface area contributed by atoms with Crippen LogP contribution in [0.25, 0.3) is 11.3 Å².